The number of benzene rings is 1. The molecule has 1 unspecified atom stereocenters. The number of aryl methyl sites for hydroxylation is 1. The number of halogens is 1. The lowest BCUT2D eigenvalue weighted by atomic mass is 9.96. The van der Waals surface area contributed by atoms with Crippen molar-refractivity contribution in [2.75, 3.05) is 44.2 Å². The molecule has 4 rings (SSSR count). The van der Waals surface area contributed by atoms with E-state index in [0.717, 1.165) is 69.3 Å². The number of aromatic nitrogens is 2. The second kappa shape index (κ2) is 8.86. The lowest BCUT2D eigenvalue weighted by molar-refractivity contribution is -0.137. The summed E-state index contributed by atoms with van der Waals surface area (Å²) in [6.45, 7) is 7.36. The molecule has 154 valence electrons. The summed E-state index contributed by atoms with van der Waals surface area (Å²) in [6.07, 6.45) is 3.68. The van der Waals surface area contributed by atoms with Crippen molar-refractivity contribution in [1.82, 2.24) is 19.8 Å². The van der Waals surface area contributed by atoms with Crippen molar-refractivity contribution in [3.63, 3.8) is 0 Å². The van der Waals surface area contributed by atoms with Crippen LogP contribution in [0.15, 0.2) is 36.5 Å². The van der Waals surface area contributed by atoms with Gasteiger partial charge in [0.2, 0.25) is 11.9 Å². The molecule has 1 aromatic heterocycles. The Hall–Kier alpha value is -2.54. The minimum absolute atomic E-state index is 0.00244. The number of amides is 1. The second-order valence-corrected chi connectivity index (χ2v) is 8.01. The number of hydrogen-bond donors (Lipinski definition) is 0. The third kappa shape index (κ3) is 4.90. The number of piperidine rings is 1. The molecule has 29 heavy (non-hydrogen) atoms. The van der Waals surface area contributed by atoms with Gasteiger partial charge in [0.15, 0.2) is 0 Å². The Morgan fingerprint density at radius 1 is 1.17 bits per heavy atom. The van der Waals surface area contributed by atoms with Gasteiger partial charge in [-0.2, -0.15) is 0 Å². The van der Waals surface area contributed by atoms with Gasteiger partial charge in [0.25, 0.3) is 0 Å². The molecule has 2 aliphatic heterocycles. The molecule has 0 bridgehead atoms. The minimum atomic E-state index is -0.198. The molecular formula is C22H28FN5O. The Morgan fingerprint density at radius 2 is 2.00 bits per heavy atom. The molecule has 7 heteroatoms. The highest BCUT2D eigenvalue weighted by molar-refractivity contribution is 5.79. The number of rotatable bonds is 4. The summed E-state index contributed by atoms with van der Waals surface area (Å²) in [5.41, 5.74) is 1.92. The number of anilines is 1. The van der Waals surface area contributed by atoms with E-state index in [1.165, 1.54) is 6.07 Å². The van der Waals surface area contributed by atoms with Crippen molar-refractivity contribution in [2.45, 2.75) is 26.3 Å². The van der Waals surface area contributed by atoms with Gasteiger partial charge in [0.1, 0.15) is 5.82 Å². The van der Waals surface area contributed by atoms with Crippen LogP contribution in [0.3, 0.4) is 0 Å². The number of hydrogen-bond acceptors (Lipinski definition) is 5. The van der Waals surface area contributed by atoms with Gasteiger partial charge in [-0.05, 0) is 43.5 Å². The molecule has 0 radical (unpaired) electrons. The van der Waals surface area contributed by atoms with E-state index >= 15 is 0 Å². The fourth-order valence-corrected chi connectivity index (χ4v) is 4.23. The van der Waals surface area contributed by atoms with Gasteiger partial charge in [0, 0.05) is 57.7 Å². The molecule has 0 spiro atoms. The Morgan fingerprint density at radius 3 is 2.76 bits per heavy atom. The largest absolute Gasteiger partial charge is 0.340 e. The van der Waals surface area contributed by atoms with E-state index in [9.17, 15) is 9.18 Å². The smallest absolute Gasteiger partial charge is 0.227 e. The Balaban J connectivity index is 1.31. The molecule has 0 aliphatic carbocycles. The van der Waals surface area contributed by atoms with Gasteiger partial charge in [0.05, 0.1) is 5.92 Å². The van der Waals surface area contributed by atoms with Crippen LogP contribution < -0.4 is 4.90 Å². The third-order valence-electron chi connectivity index (χ3n) is 5.81. The van der Waals surface area contributed by atoms with Gasteiger partial charge >= 0.3 is 0 Å². The van der Waals surface area contributed by atoms with E-state index in [1.807, 2.05) is 24.0 Å². The molecule has 1 atom stereocenters. The first-order valence-corrected chi connectivity index (χ1v) is 10.4. The maximum absolute atomic E-state index is 13.4. The van der Waals surface area contributed by atoms with Gasteiger partial charge in [-0.3, -0.25) is 9.69 Å². The van der Waals surface area contributed by atoms with Crippen molar-refractivity contribution >= 4 is 11.9 Å². The SMILES string of the molecule is Cc1ccnc(N2CCCC(C(=O)N3CCN(Cc4cccc(F)c4)CC3)C2)n1. The maximum atomic E-state index is 13.4. The zero-order valence-electron chi connectivity index (χ0n) is 16.9. The number of piperazine rings is 1. The molecule has 2 saturated heterocycles. The molecule has 2 fully saturated rings. The molecular weight excluding hydrogens is 369 g/mol. The van der Waals surface area contributed by atoms with Crippen LogP contribution in [-0.4, -0.2) is 64.9 Å². The highest BCUT2D eigenvalue weighted by Crippen LogP contribution is 2.23. The summed E-state index contributed by atoms with van der Waals surface area (Å²) in [4.78, 5) is 28.4. The summed E-state index contributed by atoms with van der Waals surface area (Å²) in [5, 5.41) is 0. The molecule has 2 aliphatic rings. The van der Waals surface area contributed by atoms with Crippen LogP contribution >= 0.6 is 0 Å². The minimum Gasteiger partial charge on any atom is -0.340 e. The van der Waals surface area contributed by atoms with Crippen molar-refractivity contribution in [2.24, 2.45) is 5.92 Å². The first-order chi connectivity index (χ1) is 14.1. The molecule has 3 heterocycles. The van der Waals surface area contributed by atoms with Crippen LogP contribution in [0.4, 0.5) is 10.3 Å². The first-order valence-electron chi connectivity index (χ1n) is 10.4. The predicted molar refractivity (Wildman–Crippen MR) is 110 cm³/mol. The zero-order chi connectivity index (χ0) is 20.2. The average Bonchev–Trinajstić information content (AvgIpc) is 2.74. The summed E-state index contributed by atoms with van der Waals surface area (Å²) >= 11 is 0. The zero-order valence-corrected chi connectivity index (χ0v) is 16.9. The normalized spacial score (nSPS) is 20.7. The average molecular weight is 397 g/mol. The van der Waals surface area contributed by atoms with Crippen LogP contribution in [0.5, 0.6) is 0 Å². The Kier molecular flexibility index (Phi) is 6.04. The standard InChI is InChI=1S/C22H28FN5O/c1-17-7-8-24-22(25-17)28-9-3-5-19(16-28)21(29)27-12-10-26(11-13-27)15-18-4-2-6-20(23)14-18/h2,4,6-8,14,19H,3,5,9-13,15-16H2,1H3. The quantitative estimate of drug-likeness (QED) is 0.793. The molecule has 2 aromatic rings. The maximum Gasteiger partial charge on any atom is 0.227 e. The Bertz CT molecular complexity index is 853. The predicted octanol–water partition coefficient (Wildman–Crippen LogP) is 2.48. The summed E-state index contributed by atoms with van der Waals surface area (Å²) in [7, 11) is 0. The van der Waals surface area contributed by atoms with Gasteiger partial charge in [-0.1, -0.05) is 12.1 Å². The van der Waals surface area contributed by atoms with Crippen molar-refractivity contribution in [3.05, 3.63) is 53.6 Å². The number of carbonyl (C=O) groups is 1. The monoisotopic (exact) mass is 397 g/mol. The van der Waals surface area contributed by atoms with E-state index in [4.69, 9.17) is 0 Å². The highest BCUT2D eigenvalue weighted by atomic mass is 19.1. The lowest BCUT2D eigenvalue weighted by Crippen LogP contribution is -2.52. The van der Waals surface area contributed by atoms with E-state index in [1.54, 1.807) is 18.3 Å². The van der Waals surface area contributed by atoms with Gasteiger partial charge < -0.3 is 9.80 Å². The van der Waals surface area contributed by atoms with Gasteiger partial charge in [-0.15, -0.1) is 0 Å². The topological polar surface area (TPSA) is 52.6 Å². The van der Waals surface area contributed by atoms with Crippen LogP contribution in [0.1, 0.15) is 24.1 Å². The second-order valence-electron chi connectivity index (χ2n) is 8.01. The van der Waals surface area contributed by atoms with Crippen molar-refractivity contribution < 1.29 is 9.18 Å². The first kappa shape index (κ1) is 19.8. The van der Waals surface area contributed by atoms with Crippen LogP contribution in [0, 0.1) is 18.7 Å². The number of nitrogens with zero attached hydrogens (tertiary/aromatic N) is 5. The van der Waals surface area contributed by atoms with Crippen molar-refractivity contribution in [1.29, 1.82) is 0 Å². The summed E-state index contributed by atoms with van der Waals surface area (Å²) in [5.74, 6) is 0.772. The number of carbonyl (C=O) groups excluding carboxylic acids is 1. The van der Waals surface area contributed by atoms with E-state index in [-0.39, 0.29) is 17.6 Å². The molecule has 1 aromatic carbocycles. The van der Waals surface area contributed by atoms with Crippen LogP contribution in [0.2, 0.25) is 0 Å². The van der Waals surface area contributed by atoms with E-state index in [0.29, 0.717) is 6.54 Å². The highest BCUT2D eigenvalue weighted by Gasteiger charge is 2.31. The molecule has 1 amide bonds. The van der Waals surface area contributed by atoms with Crippen molar-refractivity contribution in [3.8, 4) is 0 Å². The summed E-state index contributed by atoms with van der Waals surface area (Å²) < 4.78 is 13.4. The lowest BCUT2D eigenvalue weighted by Gasteiger charge is -2.39. The van der Waals surface area contributed by atoms with E-state index in [2.05, 4.69) is 19.8 Å². The van der Waals surface area contributed by atoms with E-state index < -0.39 is 0 Å². The Labute approximate surface area is 171 Å². The molecule has 0 N–H and O–H groups in total. The summed E-state index contributed by atoms with van der Waals surface area (Å²) in [6, 6.07) is 8.64. The molecule has 0 saturated carbocycles. The van der Waals surface area contributed by atoms with Crippen LogP contribution in [-0.2, 0) is 11.3 Å². The van der Waals surface area contributed by atoms with Crippen LogP contribution in [0.25, 0.3) is 0 Å². The van der Waals surface area contributed by atoms with Gasteiger partial charge in [-0.25, -0.2) is 14.4 Å². The fraction of sp³-hybridized carbons (Fsp3) is 0.500. The third-order valence-corrected chi connectivity index (χ3v) is 5.81. The molecule has 6 nitrogen and oxygen atoms in total. The fourth-order valence-electron chi connectivity index (χ4n) is 4.23.